The number of carbonyl (C=O) groups is 2. The standard InChI is InChI=1S/C24H28FN5O2/c1-17-2-8-20(9-3-17)29-14-22(31)30(13-18-4-6-19(25)7-5-18)24(23(29)32)15-28(16-24)21-10-11-26-27-12-21/h4-7,10-12,17,20H,2-3,8-9,13-16H2,1H3/t17-,20-. The molecule has 1 aliphatic carbocycles. The minimum atomic E-state index is -0.907. The van der Waals surface area contributed by atoms with E-state index in [1.54, 1.807) is 29.4 Å². The Hall–Kier alpha value is -3.03. The summed E-state index contributed by atoms with van der Waals surface area (Å²) in [6, 6.07) is 8.13. The van der Waals surface area contributed by atoms with Crippen molar-refractivity contribution in [2.24, 2.45) is 5.92 Å². The van der Waals surface area contributed by atoms with Crippen LogP contribution in [0.3, 0.4) is 0 Å². The second-order valence-electron chi connectivity index (χ2n) is 9.44. The number of hydrogen-bond acceptors (Lipinski definition) is 5. The monoisotopic (exact) mass is 437 g/mol. The Balaban J connectivity index is 1.43. The highest BCUT2D eigenvalue weighted by Gasteiger charge is 2.60. The Bertz CT molecular complexity index is 985. The number of amides is 2. The van der Waals surface area contributed by atoms with Crippen molar-refractivity contribution in [3.63, 3.8) is 0 Å². The molecule has 7 nitrogen and oxygen atoms in total. The first-order valence-electron chi connectivity index (χ1n) is 11.3. The lowest BCUT2D eigenvalue weighted by Crippen LogP contribution is -2.81. The molecule has 3 aliphatic rings. The topological polar surface area (TPSA) is 69.6 Å². The van der Waals surface area contributed by atoms with Gasteiger partial charge in [0.1, 0.15) is 12.4 Å². The second kappa shape index (κ2) is 8.15. The lowest BCUT2D eigenvalue weighted by molar-refractivity contribution is -0.171. The predicted molar refractivity (Wildman–Crippen MR) is 117 cm³/mol. The molecule has 168 valence electrons. The van der Waals surface area contributed by atoms with E-state index in [-0.39, 0.29) is 30.2 Å². The molecule has 0 N–H and O–H groups in total. The van der Waals surface area contributed by atoms with Gasteiger partial charge in [-0.15, -0.1) is 0 Å². The lowest BCUT2D eigenvalue weighted by atomic mass is 9.80. The molecule has 32 heavy (non-hydrogen) atoms. The lowest BCUT2D eigenvalue weighted by Gasteiger charge is -2.59. The summed E-state index contributed by atoms with van der Waals surface area (Å²) < 4.78 is 13.4. The molecule has 1 aromatic carbocycles. The average molecular weight is 438 g/mol. The van der Waals surface area contributed by atoms with E-state index in [4.69, 9.17) is 0 Å². The number of nitrogens with zero attached hydrogens (tertiary/aromatic N) is 5. The smallest absolute Gasteiger partial charge is 0.252 e. The minimum Gasteiger partial charge on any atom is -0.364 e. The molecule has 0 atom stereocenters. The van der Waals surface area contributed by atoms with Crippen LogP contribution in [0.25, 0.3) is 0 Å². The third-order valence-corrected chi connectivity index (χ3v) is 7.30. The van der Waals surface area contributed by atoms with Gasteiger partial charge in [0.25, 0.3) is 5.91 Å². The van der Waals surface area contributed by atoms with Crippen LogP contribution in [0.4, 0.5) is 10.1 Å². The quantitative estimate of drug-likeness (QED) is 0.736. The minimum absolute atomic E-state index is 0.0389. The summed E-state index contributed by atoms with van der Waals surface area (Å²) >= 11 is 0. The van der Waals surface area contributed by atoms with Crippen molar-refractivity contribution in [1.29, 1.82) is 0 Å². The fourth-order valence-corrected chi connectivity index (χ4v) is 5.33. The molecule has 2 aliphatic heterocycles. The average Bonchev–Trinajstić information content (AvgIpc) is 2.78. The Kier molecular flexibility index (Phi) is 5.31. The van der Waals surface area contributed by atoms with Crippen molar-refractivity contribution in [1.82, 2.24) is 20.0 Å². The number of carbonyl (C=O) groups excluding carboxylic acids is 2. The first-order chi connectivity index (χ1) is 15.5. The van der Waals surface area contributed by atoms with Crippen molar-refractivity contribution >= 4 is 17.5 Å². The summed E-state index contributed by atoms with van der Waals surface area (Å²) in [5, 5.41) is 7.77. The fourth-order valence-electron chi connectivity index (χ4n) is 5.33. The van der Waals surface area contributed by atoms with E-state index in [0.29, 0.717) is 25.6 Å². The number of aromatic nitrogens is 2. The van der Waals surface area contributed by atoms with Crippen LogP contribution in [0.2, 0.25) is 0 Å². The van der Waals surface area contributed by atoms with E-state index in [2.05, 4.69) is 22.0 Å². The molecule has 5 rings (SSSR count). The molecule has 3 heterocycles. The van der Waals surface area contributed by atoms with Gasteiger partial charge in [-0.05, 0) is 55.4 Å². The third-order valence-electron chi connectivity index (χ3n) is 7.30. The van der Waals surface area contributed by atoms with Gasteiger partial charge in [0.2, 0.25) is 5.91 Å². The van der Waals surface area contributed by atoms with Crippen molar-refractivity contribution in [3.05, 3.63) is 54.1 Å². The summed E-state index contributed by atoms with van der Waals surface area (Å²) in [4.78, 5) is 32.9. The highest BCUT2D eigenvalue weighted by molar-refractivity contribution is 6.00. The van der Waals surface area contributed by atoms with Gasteiger partial charge in [-0.3, -0.25) is 9.59 Å². The molecule has 0 bridgehead atoms. The van der Waals surface area contributed by atoms with E-state index in [9.17, 15) is 14.0 Å². The summed E-state index contributed by atoms with van der Waals surface area (Å²) in [7, 11) is 0. The molecule has 8 heteroatoms. The number of anilines is 1. The molecule has 0 unspecified atom stereocenters. The predicted octanol–water partition coefficient (Wildman–Crippen LogP) is 2.62. The van der Waals surface area contributed by atoms with E-state index >= 15 is 0 Å². The van der Waals surface area contributed by atoms with Crippen molar-refractivity contribution < 1.29 is 14.0 Å². The molecule has 2 aromatic rings. The number of benzene rings is 1. The van der Waals surface area contributed by atoms with Gasteiger partial charge in [-0.25, -0.2) is 4.39 Å². The molecular weight excluding hydrogens is 409 g/mol. The number of rotatable bonds is 4. The maximum atomic E-state index is 13.9. The molecule has 1 spiro atoms. The number of hydrogen-bond donors (Lipinski definition) is 0. The zero-order valence-corrected chi connectivity index (χ0v) is 18.3. The van der Waals surface area contributed by atoms with Crippen LogP contribution < -0.4 is 4.90 Å². The molecular formula is C24H28FN5O2. The van der Waals surface area contributed by atoms with Crippen LogP contribution in [0.15, 0.2) is 42.7 Å². The Morgan fingerprint density at radius 2 is 1.75 bits per heavy atom. The Morgan fingerprint density at radius 1 is 1.03 bits per heavy atom. The van der Waals surface area contributed by atoms with Crippen LogP contribution in [-0.2, 0) is 16.1 Å². The first-order valence-corrected chi connectivity index (χ1v) is 11.3. The SMILES string of the molecule is C[C@H]1CC[C@H](N2CC(=O)N(Cc3ccc(F)cc3)C3(CN(c4ccnnc4)C3)C2=O)CC1. The third kappa shape index (κ3) is 3.61. The van der Waals surface area contributed by atoms with Crippen molar-refractivity contribution in [3.8, 4) is 0 Å². The maximum absolute atomic E-state index is 13.9. The highest BCUT2D eigenvalue weighted by atomic mass is 19.1. The van der Waals surface area contributed by atoms with E-state index < -0.39 is 5.54 Å². The molecule has 2 amide bonds. The second-order valence-corrected chi connectivity index (χ2v) is 9.44. The Labute approximate surface area is 187 Å². The normalized spacial score (nSPS) is 25.2. The van der Waals surface area contributed by atoms with Gasteiger partial charge in [0.15, 0.2) is 5.54 Å². The summed E-state index contributed by atoms with van der Waals surface area (Å²) in [5.74, 6) is 0.350. The van der Waals surface area contributed by atoms with Crippen LogP contribution in [0, 0.1) is 11.7 Å². The van der Waals surface area contributed by atoms with E-state index in [1.807, 2.05) is 11.0 Å². The zero-order chi connectivity index (χ0) is 22.3. The highest BCUT2D eigenvalue weighted by Crippen LogP contribution is 2.39. The summed E-state index contributed by atoms with van der Waals surface area (Å²) in [6.07, 6.45) is 7.37. The summed E-state index contributed by atoms with van der Waals surface area (Å²) in [5.41, 5.74) is 0.794. The van der Waals surface area contributed by atoms with Gasteiger partial charge in [-0.2, -0.15) is 10.2 Å². The first kappa shape index (κ1) is 20.8. The van der Waals surface area contributed by atoms with Gasteiger partial charge >= 0.3 is 0 Å². The Morgan fingerprint density at radius 3 is 2.41 bits per heavy atom. The van der Waals surface area contributed by atoms with Gasteiger partial charge in [0.05, 0.1) is 31.2 Å². The molecule has 0 radical (unpaired) electrons. The van der Waals surface area contributed by atoms with Crippen LogP contribution >= 0.6 is 0 Å². The van der Waals surface area contributed by atoms with Gasteiger partial charge < -0.3 is 14.7 Å². The maximum Gasteiger partial charge on any atom is 0.252 e. The molecule has 1 aromatic heterocycles. The molecule has 3 fully saturated rings. The van der Waals surface area contributed by atoms with Crippen LogP contribution in [0.5, 0.6) is 0 Å². The van der Waals surface area contributed by atoms with Crippen molar-refractivity contribution in [2.45, 2.75) is 50.7 Å². The number of piperazine rings is 1. The van der Waals surface area contributed by atoms with E-state index in [1.165, 1.54) is 12.1 Å². The largest absolute Gasteiger partial charge is 0.364 e. The summed E-state index contributed by atoms with van der Waals surface area (Å²) in [6.45, 7) is 3.51. The molecule has 1 saturated carbocycles. The molecule has 2 saturated heterocycles. The van der Waals surface area contributed by atoms with Gasteiger partial charge in [-0.1, -0.05) is 19.1 Å². The van der Waals surface area contributed by atoms with Crippen LogP contribution in [-0.4, -0.2) is 63.0 Å². The number of halogens is 1. The van der Waals surface area contributed by atoms with Crippen molar-refractivity contribution in [2.75, 3.05) is 24.5 Å². The van der Waals surface area contributed by atoms with Crippen LogP contribution in [0.1, 0.15) is 38.2 Å². The van der Waals surface area contributed by atoms with E-state index in [0.717, 1.165) is 36.9 Å². The zero-order valence-electron chi connectivity index (χ0n) is 18.3. The van der Waals surface area contributed by atoms with Gasteiger partial charge in [0, 0.05) is 12.6 Å². The fraction of sp³-hybridized carbons (Fsp3) is 0.500.